The highest BCUT2D eigenvalue weighted by Crippen LogP contribution is 2.21. The first-order valence-electron chi connectivity index (χ1n) is 9.16. The van der Waals surface area contributed by atoms with E-state index in [0.717, 1.165) is 13.0 Å². The van der Waals surface area contributed by atoms with Gasteiger partial charge in [0.2, 0.25) is 8.32 Å². The molecule has 0 spiro atoms. The molecular formula is C20H35NOSi. The molecule has 0 heterocycles. The first kappa shape index (κ1) is 19.8. The van der Waals surface area contributed by atoms with Gasteiger partial charge in [-0.3, -0.25) is 0 Å². The van der Waals surface area contributed by atoms with E-state index in [2.05, 4.69) is 75.9 Å². The third kappa shape index (κ3) is 7.25. The predicted octanol–water partition coefficient (Wildman–Crippen LogP) is 6.17. The number of nitrogens with zero attached hydrogens (tertiary/aromatic N) is 1. The summed E-state index contributed by atoms with van der Waals surface area (Å²) in [6.45, 7) is 10.1. The highest BCUT2D eigenvalue weighted by Gasteiger charge is 2.25. The fraction of sp³-hybridized carbons (Fsp3) is 0.600. The SMILES string of the molecule is CCCCC/C(=C/O[Si](C)(CC)CC)N(C)Cc1ccccc1. The van der Waals surface area contributed by atoms with Crippen molar-refractivity contribution in [2.24, 2.45) is 0 Å². The molecular weight excluding hydrogens is 298 g/mol. The molecule has 0 saturated carbocycles. The van der Waals surface area contributed by atoms with Crippen molar-refractivity contribution in [3.8, 4) is 0 Å². The van der Waals surface area contributed by atoms with Gasteiger partial charge in [0.25, 0.3) is 0 Å². The Balaban J connectivity index is 2.77. The van der Waals surface area contributed by atoms with Crippen molar-refractivity contribution >= 4 is 8.32 Å². The molecule has 0 aliphatic heterocycles. The molecule has 0 unspecified atom stereocenters. The van der Waals surface area contributed by atoms with Gasteiger partial charge in [-0.05, 0) is 37.0 Å². The monoisotopic (exact) mass is 333 g/mol. The molecule has 2 nitrogen and oxygen atoms in total. The molecule has 3 heteroatoms. The van der Waals surface area contributed by atoms with Crippen LogP contribution in [0.2, 0.25) is 18.6 Å². The van der Waals surface area contributed by atoms with Crippen LogP contribution in [0.5, 0.6) is 0 Å². The lowest BCUT2D eigenvalue weighted by molar-refractivity contribution is 0.356. The minimum atomic E-state index is -1.55. The third-order valence-electron chi connectivity index (χ3n) is 4.76. The van der Waals surface area contributed by atoms with E-state index in [0.29, 0.717) is 0 Å². The number of hydrogen-bond acceptors (Lipinski definition) is 2. The van der Waals surface area contributed by atoms with Crippen LogP contribution < -0.4 is 0 Å². The zero-order valence-electron chi connectivity index (χ0n) is 15.8. The molecule has 1 aromatic rings. The Bertz CT molecular complexity index is 454. The first-order valence-corrected chi connectivity index (χ1v) is 12.0. The maximum Gasteiger partial charge on any atom is 0.247 e. The molecule has 1 rings (SSSR count). The molecule has 0 aliphatic rings. The Kier molecular flexibility index (Phi) is 9.08. The highest BCUT2D eigenvalue weighted by atomic mass is 28.4. The average molecular weight is 334 g/mol. The number of hydrogen-bond donors (Lipinski definition) is 0. The summed E-state index contributed by atoms with van der Waals surface area (Å²) in [5.74, 6) is 0. The summed E-state index contributed by atoms with van der Waals surface area (Å²) in [5.41, 5.74) is 2.69. The maximum atomic E-state index is 6.31. The molecule has 0 saturated heterocycles. The van der Waals surface area contributed by atoms with Crippen LogP contribution in [0.3, 0.4) is 0 Å². The summed E-state index contributed by atoms with van der Waals surface area (Å²) in [5, 5.41) is 0. The van der Waals surface area contributed by atoms with Gasteiger partial charge in [0.1, 0.15) is 0 Å². The van der Waals surface area contributed by atoms with E-state index in [-0.39, 0.29) is 0 Å². The second-order valence-electron chi connectivity index (χ2n) is 6.68. The second kappa shape index (κ2) is 10.5. The van der Waals surface area contributed by atoms with E-state index in [1.54, 1.807) is 0 Å². The molecule has 0 aromatic heterocycles. The van der Waals surface area contributed by atoms with Gasteiger partial charge in [-0.2, -0.15) is 0 Å². The lowest BCUT2D eigenvalue weighted by Crippen LogP contribution is -2.31. The van der Waals surface area contributed by atoms with Gasteiger partial charge in [0.05, 0.1) is 6.26 Å². The Labute approximate surface area is 144 Å². The van der Waals surface area contributed by atoms with Gasteiger partial charge >= 0.3 is 0 Å². The lowest BCUT2D eigenvalue weighted by Gasteiger charge is -2.27. The van der Waals surface area contributed by atoms with Crippen LogP contribution in [0.1, 0.15) is 52.0 Å². The van der Waals surface area contributed by atoms with Crippen molar-refractivity contribution in [3.05, 3.63) is 47.9 Å². The minimum absolute atomic E-state index is 0.943. The second-order valence-corrected chi connectivity index (χ2v) is 11.2. The van der Waals surface area contributed by atoms with E-state index < -0.39 is 8.32 Å². The summed E-state index contributed by atoms with van der Waals surface area (Å²) < 4.78 is 6.31. The number of benzene rings is 1. The summed E-state index contributed by atoms with van der Waals surface area (Å²) in [4.78, 5) is 2.35. The number of unbranched alkanes of at least 4 members (excludes halogenated alkanes) is 2. The molecule has 0 atom stereocenters. The normalized spacial score (nSPS) is 12.3. The van der Waals surface area contributed by atoms with Crippen molar-refractivity contribution in [2.45, 2.75) is 71.6 Å². The van der Waals surface area contributed by atoms with Crippen molar-refractivity contribution < 1.29 is 4.43 Å². The Morgan fingerprint density at radius 2 is 1.74 bits per heavy atom. The van der Waals surface area contributed by atoms with Crippen molar-refractivity contribution in [3.63, 3.8) is 0 Å². The quantitative estimate of drug-likeness (QED) is 0.273. The van der Waals surface area contributed by atoms with Gasteiger partial charge in [0.15, 0.2) is 0 Å². The van der Waals surface area contributed by atoms with Crippen LogP contribution in [0, 0.1) is 0 Å². The molecule has 0 aliphatic carbocycles. The molecule has 1 aromatic carbocycles. The summed E-state index contributed by atoms with van der Waals surface area (Å²) >= 11 is 0. The van der Waals surface area contributed by atoms with Crippen LogP contribution >= 0.6 is 0 Å². The van der Waals surface area contributed by atoms with Crippen LogP contribution in [-0.4, -0.2) is 20.3 Å². The topological polar surface area (TPSA) is 12.5 Å². The zero-order chi connectivity index (χ0) is 17.1. The molecule has 0 radical (unpaired) electrons. The van der Waals surface area contributed by atoms with Crippen LogP contribution in [0.25, 0.3) is 0 Å². The van der Waals surface area contributed by atoms with E-state index >= 15 is 0 Å². The van der Waals surface area contributed by atoms with Gasteiger partial charge < -0.3 is 9.33 Å². The summed E-state index contributed by atoms with van der Waals surface area (Å²) in [6.07, 6.45) is 6.97. The van der Waals surface area contributed by atoms with Gasteiger partial charge in [0, 0.05) is 19.3 Å². The van der Waals surface area contributed by atoms with E-state index in [1.165, 1.54) is 42.6 Å². The smallest absolute Gasteiger partial charge is 0.247 e. The highest BCUT2D eigenvalue weighted by molar-refractivity contribution is 6.72. The zero-order valence-corrected chi connectivity index (χ0v) is 16.8. The molecule has 0 fully saturated rings. The van der Waals surface area contributed by atoms with Crippen molar-refractivity contribution in [2.75, 3.05) is 7.05 Å². The van der Waals surface area contributed by atoms with Crippen molar-refractivity contribution in [1.82, 2.24) is 4.90 Å². The summed E-state index contributed by atoms with van der Waals surface area (Å²) in [6, 6.07) is 13.0. The fourth-order valence-corrected chi connectivity index (χ4v) is 3.74. The third-order valence-corrected chi connectivity index (χ3v) is 8.44. The molecule has 0 amide bonds. The number of rotatable bonds is 11. The molecule has 0 bridgehead atoms. The first-order chi connectivity index (χ1) is 11.0. The maximum absolute atomic E-state index is 6.31. The largest absolute Gasteiger partial charge is 0.548 e. The average Bonchev–Trinajstić information content (AvgIpc) is 2.58. The predicted molar refractivity (Wildman–Crippen MR) is 104 cm³/mol. The van der Waals surface area contributed by atoms with Gasteiger partial charge in [-0.15, -0.1) is 0 Å². The summed E-state index contributed by atoms with van der Waals surface area (Å²) in [7, 11) is 0.637. The molecule has 23 heavy (non-hydrogen) atoms. The fourth-order valence-electron chi connectivity index (χ4n) is 2.48. The van der Waals surface area contributed by atoms with E-state index in [1.807, 2.05) is 0 Å². The van der Waals surface area contributed by atoms with Crippen LogP contribution in [0.4, 0.5) is 0 Å². The van der Waals surface area contributed by atoms with E-state index in [9.17, 15) is 0 Å². The standard InChI is InChI=1S/C20H35NOSi/c1-6-9-11-16-20(18-22-23(5,7-2)8-3)21(4)17-19-14-12-10-13-15-19/h10,12-15,18H,6-9,11,16-17H2,1-5H3/b20-18-. The number of allylic oxidation sites excluding steroid dienone is 1. The Morgan fingerprint density at radius 3 is 2.30 bits per heavy atom. The Hall–Kier alpha value is -1.22. The molecule has 0 N–H and O–H groups in total. The lowest BCUT2D eigenvalue weighted by atomic mass is 10.1. The van der Waals surface area contributed by atoms with Crippen molar-refractivity contribution in [1.29, 1.82) is 0 Å². The van der Waals surface area contributed by atoms with Crippen LogP contribution in [-0.2, 0) is 11.0 Å². The van der Waals surface area contributed by atoms with Crippen LogP contribution in [0.15, 0.2) is 42.3 Å². The minimum Gasteiger partial charge on any atom is -0.548 e. The Morgan fingerprint density at radius 1 is 1.09 bits per heavy atom. The van der Waals surface area contributed by atoms with Gasteiger partial charge in [-0.1, -0.05) is 63.9 Å². The van der Waals surface area contributed by atoms with E-state index in [4.69, 9.17) is 4.43 Å². The van der Waals surface area contributed by atoms with Gasteiger partial charge in [-0.25, -0.2) is 0 Å². The molecule has 130 valence electrons.